The number of fused-ring (bicyclic) bond motifs is 2. The number of benzene rings is 3. The van der Waals surface area contributed by atoms with Crippen molar-refractivity contribution in [2.75, 3.05) is 13.1 Å². The Balaban J connectivity index is 1.62. The summed E-state index contributed by atoms with van der Waals surface area (Å²) in [5, 5.41) is 8.95. The number of nitrogens with zero attached hydrogens (tertiary/aromatic N) is 3. The normalized spacial score (nSPS) is 14.3. The molecule has 38 heavy (non-hydrogen) atoms. The molecule has 1 aliphatic heterocycles. The summed E-state index contributed by atoms with van der Waals surface area (Å²) in [6.45, 7) is 7.51. The lowest BCUT2D eigenvalue weighted by atomic mass is 9.90. The minimum Gasteiger partial charge on any atom is -0.471 e. The lowest BCUT2D eigenvalue weighted by molar-refractivity contribution is 0.135. The molecule has 0 amide bonds. The van der Waals surface area contributed by atoms with Gasteiger partial charge in [-0.1, -0.05) is 43.7 Å². The molecule has 1 aliphatic rings. The van der Waals surface area contributed by atoms with Crippen LogP contribution in [0.4, 0.5) is 4.39 Å². The Labute approximate surface area is 220 Å². The molecular formula is C29H27FN4O3S. The number of pyridine rings is 1. The first-order valence-corrected chi connectivity index (χ1v) is 14.0. The van der Waals surface area contributed by atoms with Gasteiger partial charge in [-0.15, -0.1) is 0 Å². The van der Waals surface area contributed by atoms with Gasteiger partial charge in [0, 0.05) is 29.4 Å². The molecule has 9 heteroatoms. The summed E-state index contributed by atoms with van der Waals surface area (Å²) in [5.41, 5.74) is 4.61. The van der Waals surface area contributed by atoms with E-state index in [-0.39, 0.29) is 22.7 Å². The smallest absolute Gasteiger partial charge is 0.283 e. The van der Waals surface area contributed by atoms with Crippen LogP contribution in [0.2, 0.25) is 0 Å². The first kappa shape index (κ1) is 24.5. The van der Waals surface area contributed by atoms with Crippen molar-refractivity contribution in [2.24, 2.45) is 0 Å². The van der Waals surface area contributed by atoms with Gasteiger partial charge in [0.1, 0.15) is 11.9 Å². The first-order valence-electron chi connectivity index (χ1n) is 12.5. The van der Waals surface area contributed by atoms with Crippen LogP contribution in [0.5, 0.6) is 5.88 Å². The fraction of sp³-hybridized carbons (Fsp3) is 0.241. The van der Waals surface area contributed by atoms with E-state index in [1.54, 1.807) is 48.7 Å². The highest BCUT2D eigenvalue weighted by atomic mass is 32.2. The molecule has 0 atom stereocenters. The van der Waals surface area contributed by atoms with Crippen LogP contribution in [0.3, 0.4) is 0 Å². The Morgan fingerprint density at radius 3 is 2.39 bits per heavy atom. The molecule has 1 fully saturated rings. The maximum Gasteiger partial charge on any atom is 0.283 e. The molecule has 5 aromatic rings. The molecule has 3 heterocycles. The maximum absolute atomic E-state index is 13.9. The van der Waals surface area contributed by atoms with E-state index < -0.39 is 10.0 Å². The molecule has 3 aromatic carbocycles. The highest BCUT2D eigenvalue weighted by molar-refractivity contribution is 7.90. The summed E-state index contributed by atoms with van der Waals surface area (Å²) in [5.74, 6) is 0.251. The molecule has 194 valence electrons. The number of aryl methyl sites for hydroxylation is 1. The number of nitrogens with one attached hydrogen (secondary N) is 1. The van der Waals surface area contributed by atoms with E-state index >= 15 is 0 Å². The Morgan fingerprint density at radius 2 is 1.76 bits per heavy atom. The zero-order valence-electron chi connectivity index (χ0n) is 21.3. The quantitative estimate of drug-likeness (QED) is 0.316. The minimum absolute atomic E-state index is 0.00491. The van der Waals surface area contributed by atoms with Crippen molar-refractivity contribution in [2.45, 2.75) is 37.7 Å². The van der Waals surface area contributed by atoms with E-state index in [9.17, 15) is 12.8 Å². The van der Waals surface area contributed by atoms with Crippen molar-refractivity contribution in [1.82, 2.24) is 19.5 Å². The molecule has 0 bridgehead atoms. The van der Waals surface area contributed by atoms with Crippen molar-refractivity contribution < 1.29 is 17.5 Å². The van der Waals surface area contributed by atoms with Crippen molar-refractivity contribution in [3.63, 3.8) is 0 Å². The van der Waals surface area contributed by atoms with Gasteiger partial charge in [-0.05, 0) is 60.4 Å². The van der Waals surface area contributed by atoms with Crippen LogP contribution in [0, 0.1) is 12.7 Å². The van der Waals surface area contributed by atoms with Crippen LogP contribution in [-0.2, 0) is 10.0 Å². The maximum atomic E-state index is 13.9. The zero-order chi connectivity index (χ0) is 26.6. The van der Waals surface area contributed by atoms with E-state index in [0.717, 1.165) is 44.8 Å². The lowest BCUT2D eigenvalue weighted by Crippen LogP contribution is -2.50. The Bertz CT molecular complexity index is 1780. The van der Waals surface area contributed by atoms with E-state index in [4.69, 9.17) is 9.72 Å². The van der Waals surface area contributed by atoms with Gasteiger partial charge in [0.2, 0.25) is 5.88 Å². The fourth-order valence-electron chi connectivity index (χ4n) is 4.81. The van der Waals surface area contributed by atoms with Crippen LogP contribution in [0.15, 0.2) is 71.8 Å². The number of hydrogen-bond donors (Lipinski definition) is 1. The minimum atomic E-state index is -3.92. The Morgan fingerprint density at radius 1 is 1.05 bits per heavy atom. The number of ether oxygens (including phenoxy) is 1. The number of aromatic nitrogens is 3. The van der Waals surface area contributed by atoms with Gasteiger partial charge in [-0.3, -0.25) is 0 Å². The molecule has 1 saturated heterocycles. The van der Waals surface area contributed by atoms with Crippen molar-refractivity contribution in [1.29, 1.82) is 0 Å². The van der Waals surface area contributed by atoms with E-state index in [0.29, 0.717) is 22.3 Å². The zero-order valence-corrected chi connectivity index (χ0v) is 22.1. The van der Waals surface area contributed by atoms with Crippen LogP contribution in [-0.4, -0.2) is 41.8 Å². The molecular weight excluding hydrogens is 503 g/mol. The second-order valence-corrected chi connectivity index (χ2v) is 11.8. The van der Waals surface area contributed by atoms with Gasteiger partial charge in [-0.25, -0.2) is 9.37 Å². The fourth-order valence-corrected chi connectivity index (χ4v) is 6.08. The summed E-state index contributed by atoms with van der Waals surface area (Å²) >= 11 is 0. The predicted molar refractivity (Wildman–Crippen MR) is 146 cm³/mol. The third kappa shape index (κ3) is 4.12. The van der Waals surface area contributed by atoms with Gasteiger partial charge in [0.05, 0.1) is 22.1 Å². The molecule has 2 aromatic heterocycles. The summed E-state index contributed by atoms with van der Waals surface area (Å²) < 4.78 is 48.2. The van der Waals surface area contributed by atoms with Crippen molar-refractivity contribution in [3.8, 4) is 17.0 Å². The summed E-state index contributed by atoms with van der Waals surface area (Å²) in [6.07, 6.45) is 1.55. The summed E-state index contributed by atoms with van der Waals surface area (Å²) in [6, 6.07) is 16.7. The SMILES string of the molecule is Cc1ccc(S(=O)(=O)n2ncc3cc4c(-c5ccc(F)cc5)c(C(C)C)c(OC5CNC5)nc4cc32)cc1. The summed E-state index contributed by atoms with van der Waals surface area (Å²) in [7, 11) is -3.92. The van der Waals surface area contributed by atoms with E-state index in [1.165, 1.54) is 12.1 Å². The molecule has 0 spiro atoms. The predicted octanol–water partition coefficient (Wildman–Crippen LogP) is 5.41. The van der Waals surface area contributed by atoms with E-state index in [1.807, 2.05) is 13.0 Å². The first-order chi connectivity index (χ1) is 18.2. The van der Waals surface area contributed by atoms with Crippen molar-refractivity contribution in [3.05, 3.63) is 83.8 Å². The van der Waals surface area contributed by atoms with Gasteiger partial charge in [0.15, 0.2) is 0 Å². The molecule has 0 unspecified atom stereocenters. The van der Waals surface area contributed by atoms with Crippen molar-refractivity contribution >= 4 is 31.8 Å². The molecule has 7 nitrogen and oxygen atoms in total. The van der Waals surface area contributed by atoms with Gasteiger partial charge in [0.25, 0.3) is 10.0 Å². The highest BCUT2D eigenvalue weighted by Crippen LogP contribution is 2.42. The van der Waals surface area contributed by atoms with Crippen LogP contribution < -0.4 is 10.1 Å². The van der Waals surface area contributed by atoms with Crippen LogP contribution in [0.1, 0.15) is 30.9 Å². The van der Waals surface area contributed by atoms with Gasteiger partial charge in [-0.2, -0.15) is 17.6 Å². The molecule has 0 saturated carbocycles. The van der Waals surface area contributed by atoms with Crippen LogP contribution in [0.25, 0.3) is 32.9 Å². The molecule has 0 radical (unpaired) electrons. The standard InChI is InChI=1S/C29H27FN4O3S/c1-17(2)27-28(19-6-8-21(30)9-7-19)24-12-20-14-32-34(38(35,36)23-10-4-18(3)5-11-23)26(20)13-25(24)33-29(27)37-22-15-31-16-22/h4-14,17,22,31H,15-16H2,1-3H3. The topological polar surface area (TPSA) is 86.1 Å². The Kier molecular flexibility index (Phi) is 5.92. The largest absolute Gasteiger partial charge is 0.471 e. The lowest BCUT2D eigenvalue weighted by Gasteiger charge is -2.29. The number of halogens is 1. The Hall–Kier alpha value is -3.82. The van der Waals surface area contributed by atoms with Gasteiger partial charge < -0.3 is 10.1 Å². The van der Waals surface area contributed by atoms with Crippen LogP contribution >= 0.6 is 0 Å². The highest BCUT2D eigenvalue weighted by Gasteiger charge is 2.27. The third-order valence-corrected chi connectivity index (χ3v) is 8.54. The number of rotatable bonds is 6. The average Bonchev–Trinajstić information content (AvgIpc) is 3.28. The van der Waals surface area contributed by atoms with Gasteiger partial charge >= 0.3 is 0 Å². The molecule has 0 aliphatic carbocycles. The van der Waals surface area contributed by atoms with E-state index in [2.05, 4.69) is 24.3 Å². The molecule has 1 N–H and O–H groups in total. The second-order valence-electron chi connectivity index (χ2n) is 10.00. The average molecular weight is 531 g/mol. The second kappa shape index (κ2) is 9.18. The monoisotopic (exact) mass is 530 g/mol. The molecule has 6 rings (SSSR count). The third-order valence-electron chi connectivity index (χ3n) is 6.92. The number of hydrogen-bond acceptors (Lipinski definition) is 6. The summed E-state index contributed by atoms with van der Waals surface area (Å²) in [4.78, 5) is 5.06.